The van der Waals surface area contributed by atoms with Crippen LogP contribution in [0.15, 0.2) is 24.3 Å². The fourth-order valence-corrected chi connectivity index (χ4v) is 2.93. The number of carbonyl (C=O) groups excluding carboxylic acids is 1. The fraction of sp³-hybridized carbons (Fsp3) is 0.588. The van der Waals surface area contributed by atoms with E-state index in [0.717, 1.165) is 38.1 Å². The molecule has 0 bridgehead atoms. The second kappa shape index (κ2) is 8.03. The van der Waals surface area contributed by atoms with Crippen LogP contribution in [0.25, 0.3) is 0 Å². The maximum atomic E-state index is 12.0. The van der Waals surface area contributed by atoms with Crippen molar-refractivity contribution in [2.45, 2.75) is 26.2 Å². The van der Waals surface area contributed by atoms with Crippen molar-refractivity contribution in [1.82, 2.24) is 5.32 Å². The number of hydrogen-bond acceptors (Lipinski definition) is 4. The zero-order chi connectivity index (χ0) is 15.1. The summed E-state index contributed by atoms with van der Waals surface area (Å²) >= 11 is 0. The molecule has 1 fully saturated rings. The van der Waals surface area contributed by atoms with Gasteiger partial charge in [-0.15, -0.1) is 0 Å². The topological polar surface area (TPSA) is 47.6 Å². The molecule has 1 aliphatic rings. The minimum Gasteiger partial charge on any atom is -0.497 e. The van der Waals surface area contributed by atoms with Crippen molar-refractivity contribution in [3.63, 3.8) is 0 Å². The summed E-state index contributed by atoms with van der Waals surface area (Å²) < 4.78 is 10.4. The van der Waals surface area contributed by atoms with E-state index in [1.54, 1.807) is 7.11 Å². The second-order valence-electron chi connectivity index (χ2n) is 5.50. The van der Waals surface area contributed by atoms with Gasteiger partial charge in [-0.25, -0.2) is 0 Å². The van der Waals surface area contributed by atoms with Gasteiger partial charge in [0.25, 0.3) is 0 Å². The molecule has 1 N–H and O–H groups in total. The lowest BCUT2D eigenvalue weighted by molar-refractivity contribution is -0.151. The van der Waals surface area contributed by atoms with Crippen LogP contribution in [0.1, 0.15) is 25.3 Å². The molecule has 0 spiro atoms. The van der Waals surface area contributed by atoms with Crippen LogP contribution in [0.5, 0.6) is 5.75 Å². The molecule has 4 heteroatoms. The van der Waals surface area contributed by atoms with E-state index in [1.165, 1.54) is 5.56 Å². The van der Waals surface area contributed by atoms with E-state index in [0.29, 0.717) is 12.5 Å². The Balaban J connectivity index is 1.90. The minimum absolute atomic E-state index is 0.0290. The SMILES string of the molecule is CCOC(=O)[C@H]1CCNC[C@H]1CCc1ccc(OC)cc1. The average Bonchev–Trinajstić information content (AvgIpc) is 2.54. The Hall–Kier alpha value is -1.55. The molecule has 116 valence electrons. The lowest BCUT2D eigenvalue weighted by Gasteiger charge is -2.30. The number of ether oxygens (including phenoxy) is 2. The molecule has 0 aliphatic carbocycles. The first kappa shape index (κ1) is 15.8. The highest BCUT2D eigenvalue weighted by molar-refractivity contribution is 5.73. The lowest BCUT2D eigenvalue weighted by Crippen LogP contribution is -2.41. The molecule has 4 nitrogen and oxygen atoms in total. The Morgan fingerprint density at radius 2 is 2.10 bits per heavy atom. The molecule has 1 aliphatic heterocycles. The maximum absolute atomic E-state index is 12.0. The van der Waals surface area contributed by atoms with Gasteiger partial charge in [0, 0.05) is 0 Å². The van der Waals surface area contributed by atoms with Crippen molar-refractivity contribution in [2.24, 2.45) is 11.8 Å². The van der Waals surface area contributed by atoms with Gasteiger partial charge in [0.2, 0.25) is 0 Å². The third-order valence-electron chi connectivity index (χ3n) is 4.16. The molecule has 21 heavy (non-hydrogen) atoms. The van der Waals surface area contributed by atoms with Gasteiger partial charge in [-0.05, 0) is 62.9 Å². The molecule has 1 aromatic carbocycles. The number of rotatable bonds is 6. The highest BCUT2D eigenvalue weighted by Gasteiger charge is 2.31. The Kier molecular flexibility index (Phi) is 6.05. The van der Waals surface area contributed by atoms with Crippen molar-refractivity contribution >= 4 is 5.97 Å². The molecule has 2 rings (SSSR count). The average molecular weight is 291 g/mol. The normalized spacial score (nSPS) is 21.8. The lowest BCUT2D eigenvalue weighted by atomic mass is 9.82. The van der Waals surface area contributed by atoms with Gasteiger partial charge in [0.1, 0.15) is 5.75 Å². The van der Waals surface area contributed by atoms with Crippen LogP contribution in [0.3, 0.4) is 0 Å². The maximum Gasteiger partial charge on any atom is 0.309 e. The summed E-state index contributed by atoms with van der Waals surface area (Å²) in [6.45, 7) is 4.14. The number of methoxy groups -OCH3 is 1. The van der Waals surface area contributed by atoms with Gasteiger partial charge in [-0.1, -0.05) is 12.1 Å². The Labute approximate surface area is 126 Å². The first-order valence-corrected chi connectivity index (χ1v) is 7.75. The fourth-order valence-electron chi connectivity index (χ4n) is 2.93. The standard InChI is InChI=1S/C17H25NO3/c1-3-21-17(19)16-10-11-18-12-14(16)7-4-13-5-8-15(20-2)9-6-13/h5-6,8-9,14,16,18H,3-4,7,10-12H2,1-2H3/t14-,16+/m1/s1. The molecule has 1 heterocycles. The number of carbonyl (C=O) groups is 1. The van der Waals surface area contributed by atoms with Gasteiger partial charge in [-0.2, -0.15) is 0 Å². The van der Waals surface area contributed by atoms with E-state index in [9.17, 15) is 4.79 Å². The summed E-state index contributed by atoms with van der Waals surface area (Å²) in [5.74, 6) is 1.26. The van der Waals surface area contributed by atoms with Crippen molar-refractivity contribution in [1.29, 1.82) is 0 Å². The number of hydrogen-bond donors (Lipinski definition) is 1. The quantitative estimate of drug-likeness (QED) is 0.818. The van der Waals surface area contributed by atoms with Gasteiger partial charge in [-0.3, -0.25) is 4.79 Å². The number of piperidine rings is 1. The molecule has 0 unspecified atom stereocenters. The molecule has 0 radical (unpaired) electrons. The first-order chi connectivity index (χ1) is 10.2. The first-order valence-electron chi connectivity index (χ1n) is 7.75. The summed E-state index contributed by atoms with van der Waals surface area (Å²) in [4.78, 5) is 12.0. The Bertz CT molecular complexity index is 444. The van der Waals surface area contributed by atoms with Crippen LogP contribution >= 0.6 is 0 Å². The summed E-state index contributed by atoms with van der Waals surface area (Å²) in [5.41, 5.74) is 1.28. The second-order valence-corrected chi connectivity index (χ2v) is 5.50. The molecule has 0 saturated carbocycles. The minimum atomic E-state index is -0.0290. The third-order valence-corrected chi connectivity index (χ3v) is 4.16. The van der Waals surface area contributed by atoms with Crippen molar-refractivity contribution in [2.75, 3.05) is 26.8 Å². The van der Waals surface area contributed by atoms with Crippen molar-refractivity contribution in [3.05, 3.63) is 29.8 Å². The Morgan fingerprint density at radius 3 is 2.76 bits per heavy atom. The molecule has 1 aromatic rings. The number of nitrogens with one attached hydrogen (secondary N) is 1. The number of aryl methyl sites for hydroxylation is 1. The smallest absolute Gasteiger partial charge is 0.309 e. The predicted octanol–water partition coefficient (Wildman–Crippen LogP) is 2.42. The van der Waals surface area contributed by atoms with Crippen LogP contribution in [0.4, 0.5) is 0 Å². The summed E-state index contributed by atoms with van der Waals surface area (Å²) in [5, 5.41) is 3.39. The van der Waals surface area contributed by atoms with E-state index < -0.39 is 0 Å². The third kappa shape index (κ3) is 4.46. The van der Waals surface area contributed by atoms with Crippen LogP contribution in [-0.2, 0) is 16.0 Å². The van der Waals surface area contributed by atoms with Crippen molar-refractivity contribution in [3.8, 4) is 5.75 Å². The van der Waals surface area contributed by atoms with Gasteiger partial charge < -0.3 is 14.8 Å². The zero-order valence-electron chi connectivity index (χ0n) is 12.9. The number of benzene rings is 1. The monoisotopic (exact) mass is 291 g/mol. The molecule has 0 aromatic heterocycles. The van der Waals surface area contributed by atoms with E-state index >= 15 is 0 Å². The van der Waals surface area contributed by atoms with Crippen LogP contribution in [0.2, 0.25) is 0 Å². The summed E-state index contributed by atoms with van der Waals surface area (Å²) in [6, 6.07) is 8.15. The van der Waals surface area contributed by atoms with Gasteiger partial charge >= 0.3 is 5.97 Å². The molecular weight excluding hydrogens is 266 g/mol. The summed E-state index contributed by atoms with van der Waals surface area (Å²) in [7, 11) is 1.67. The van der Waals surface area contributed by atoms with Crippen LogP contribution in [-0.4, -0.2) is 32.8 Å². The predicted molar refractivity (Wildman–Crippen MR) is 82.4 cm³/mol. The largest absolute Gasteiger partial charge is 0.497 e. The van der Waals surface area contributed by atoms with Gasteiger partial charge in [0.05, 0.1) is 19.6 Å². The van der Waals surface area contributed by atoms with Crippen LogP contribution < -0.4 is 10.1 Å². The van der Waals surface area contributed by atoms with Gasteiger partial charge in [0.15, 0.2) is 0 Å². The molecule has 2 atom stereocenters. The highest BCUT2D eigenvalue weighted by Crippen LogP contribution is 2.25. The zero-order valence-corrected chi connectivity index (χ0v) is 12.9. The van der Waals surface area contributed by atoms with E-state index in [-0.39, 0.29) is 11.9 Å². The molecular formula is C17H25NO3. The molecule has 0 amide bonds. The van der Waals surface area contributed by atoms with E-state index in [1.807, 2.05) is 19.1 Å². The van der Waals surface area contributed by atoms with E-state index in [4.69, 9.17) is 9.47 Å². The summed E-state index contributed by atoms with van der Waals surface area (Å²) in [6.07, 6.45) is 2.86. The van der Waals surface area contributed by atoms with Crippen molar-refractivity contribution < 1.29 is 14.3 Å². The Morgan fingerprint density at radius 1 is 1.33 bits per heavy atom. The highest BCUT2D eigenvalue weighted by atomic mass is 16.5. The van der Waals surface area contributed by atoms with Crippen LogP contribution in [0, 0.1) is 11.8 Å². The number of esters is 1. The molecule has 1 saturated heterocycles. The van der Waals surface area contributed by atoms with E-state index in [2.05, 4.69) is 17.4 Å².